The number of benzene rings is 3. The number of carbonyl (C=O) groups excluding carboxylic acids is 1. The SMILES string of the molecule is O=C1/C(=C\Nc2ccccc2NS(=O)(=O)c2ccccc2)CCc2ccccc21. The second kappa shape index (κ2) is 7.93. The van der Waals surface area contributed by atoms with Gasteiger partial charge in [-0.05, 0) is 42.7 Å². The topological polar surface area (TPSA) is 75.3 Å². The van der Waals surface area contributed by atoms with Crippen LogP contribution in [0.5, 0.6) is 0 Å². The maximum atomic E-state index is 12.7. The third kappa shape index (κ3) is 4.07. The van der Waals surface area contributed by atoms with Gasteiger partial charge < -0.3 is 5.32 Å². The summed E-state index contributed by atoms with van der Waals surface area (Å²) in [6.07, 6.45) is 3.12. The number of para-hydroxylation sites is 2. The quantitative estimate of drug-likeness (QED) is 0.609. The number of rotatable bonds is 5. The van der Waals surface area contributed by atoms with E-state index < -0.39 is 10.0 Å². The van der Waals surface area contributed by atoms with Crippen LogP contribution in [0.15, 0.2) is 95.5 Å². The van der Waals surface area contributed by atoms with E-state index in [1.807, 2.05) is 24.3 Å². The van der Waals surface area contributed by atoms with Crippen LogP contribution in [-0.4, -0.2) is 14.2 Å². The first-order chi connectivity index (χ1) is 14.0. The molecule has 4 rings (SSSR count). The van der Waals surface area contributed by atoms with Crippen molar-refractivity contribution >= 4 is 27.2 Å². The highest BCUT2D eigenvalue weighted by Crippen LogP contribution is 2.27. The number of carbonyl (C=O) groups is 1. The molecule has 29 heavy (non-hydrogen) atoms. The van der Waals surface area contributed by atoms with Crippen LogP contribution in [0.2, 0.25) is 0 Å². The molecule has 0 spiro atoms. The molecule has 3 aromatic rings. The lowest BCUT2D eigenvalue weighted by atomic mass is 9.87. The van der Waals surface area contributed by atoms with Crippen molar-refractivity contribution in [2.24, 2.45) is 0 Å². The van der Waals surface area contributed by atoms with Gasteiger partial charge in [-0.2, -0.15) is 0 Å². The lowest BCUT2D eigenvalue weighted by Crippen LogP contribution is -2.16. The van der Waals surface area contributed by atoms with Crippen LogP contribution in [0.25, 0.3) is 0 Å². The summed E-state index contributed by atoms with van der Waals surface area (Å²) in [6.45, 7) is 0. The van der Waals surface area contributed by atoms with Crippen molar-refractivity contribution in [1.29, 1.82) is 0 Å². The molecule has 0 bridgehead atoms. The maximum Gasteiger partial charge on any atom is 0.261 e. The van der Waals surface area contributed by atoms with Gasteiger partial charge in [0.1, 0.15) is 0 Å². The summed E-state index contributed by atoms with van der Waals surface area (Å²) in [5.74, 6) is 0.00157. The number of Topliss-reactive ketones (excluding diaryl/α,β-unsaturated/α-hetero) is 1. The number of sulfonamides is 1. The van der Waals surface area contributed by atoms with E-state index >= 15 is 0 Å². The number of nitrogens with one attached hydrogen (secondary N) is 2. The molecule has 0 atom stereocenters. The molecular formula is C23H20N2O3S. The number of ketones is 1. The smallest absolute Gasteiger partial charge is 0.261 e. The normalized spacial score (nSPS) is 15.0. The summed E-state index contributed by atoms with van der Waals surface area (Å²) in [5.41, 5.74) is 3.45. The van der Waals surface area contributed by atoms with Gasteiger partial charge in [0, 0.05) is 17.3 Å². The van der Waals surface area contributed by atoms with Crippen molar-refractivity contribution in [2.45, 2.75) is 17.7 Å². The number of hydrogen-bond donors (Lipinski definition) is 2. The van der Waals surface area contributed by atoms with E-state index in [-0.39, 0.29) is 10.7 Å². The van der Waals surface area contributed by atoms with Gasteiger partial charge in [0.25, 0.3) is 10.0 Å². The highest BCUT2D eigenvalue weighted by molar-refractivity contribution is 7.92. The van der Waals surface area contributed by atoms with Gasteiger partial charge in [-0.3, -0.25) is 9.52 Å². The Kier molecular flexibility index (Phi) is 5.18. The van der Waals surface area contributed by atoms with Crippen molar-refractivity contribution in [3.63, 3.8) is 0 Å². The molecule has 0 aliphatic heterocycles. The first-order valence-corrected chi connectivity index (χ1v) is 10.8. The van der Waals surface area contributed by atoms with Crippen molar-refractivity contribution in [1.82, 2.24) is 0 Å². The van der Waals surface area contributed by atoms with Gasteiger partial charge in [0.15, 0.2) is 5.78 Å². The molecule has 1 aliphatic carbocycles. The minimum absolute atomic E-state index is 0.00157. The molecule has 0 saturated heterocycles. The second-order valence-electron chi connectivity index (χ2n) is 6.76. The lowest BCUT2D eigenvalue weighted by molar-refractivity contribution is 0.102. The molecule has 0 aromatic heterocycles. The van der Waals surface area contributed by atoms with Crippen LogP contribution in [0, 0.1) is 0 Å². The van der Waals surface area contributed by atoms with Crippen LogP contribution in [0.1, 0.15) is 22.3 Å². The van der Waals surface area contributed by atoms with E-state index in [1.165, 1.54) is 0 Å². The largest absolute Gasteiger partial charge is 0.360 e. The molecule has 0 heterocycles. The molecular weight excluding hydrogens is 384 g/mol. The highest BCUT2D eigenvalue weighted by atomic mass is 32.2. The van der Waals surface area contributed by atoms with E-state index in [0.29, 0.717) is 23.4 Å². The van der Waals surface area contributed by atoms with Gasteiger partial charge in [0.2, 0.25) is 0 Å². The van der Waals surface area contributed by atoms with E-state index in [2.05, 4.69) is 10.0 Å². The molecule has 5 nitrogen and oxygen atoms in total. The van der Waals surface area contributed by atoms with E-state index in [1.54, 1.807) is 60.8 Å². The van der Waals surface area contributed by atoms with Crippen LogP contribution in [0.3, 0.4) is 0 Å². The van der Waals surface area contributed by atoms with Gasteiger partial charge in [-0.25, -0.2) is 8.42 Å². The Labute approximate surface area is 170 Å². The Morgan fingerprint density at radius 1 is 0.759 bits per heavy atom. The molecule has 0 unspecified atom stereocenters. The highest BCUT2D eigenvalue weighted by Gasteiger charge is 2.21. The Balaban J connectivity index is 1.57. The number of fused-ring (bicyclic) bond motifs is 1. The molecule has 6 heteroatoms. The first-order valence-electron chi connectivity index (χ1n) is 9.30. The summed E-state index contributed by atoms with van der Waals surface area (Å²) in [5, 5.41) is 3.11. The van der Waals surface area contributed by atoms with Gasteiger partial charge in [-0.1, -0.05) is 54.6 Å². The first kappa shape index (κ1) is 19.0. The van der Waals surface area contributed by atoms with Crippen LogP contribution in [-0.2, 0) is 16.4 Å². The molecule has 0 amide bonds. The molecule has 3 aromatic carbocycles. The summed E-state index contributed by atoms with van der Waals surface area (Å²) in [6, 6.07) is 22.8. The molecule has 1 aliphatic rings. The molecule has 0 radical (unpaired) electrons. The fourth-order valence-electron chi connectivity index (χ4n) is 3.32. The van der Waals surface area contributed by atoms with Crippen molar-refractivity contribution in [3.8, 4) is 0 Å². The van der Waals surface area contributed by atoms with E-state index in [4.69, 9.17) is 0 Å². The number of anilines is 2. The second-order valence-corrected chi connectivity index (χ2v) is 8.45. The third-order valence-electron chi connectivity index (χ3n) is 4.84. The van der Waals surface area contributed by atoms with Crippen LogP contribution < -0.4 is 10.0 Å². The summed E-state index contributed by atoms with van der Waals surface area (Å²) in [7, 11) is -3.71. The van der Waals surface area contributed by atoms with Crippen molar-refractivity contribution in [3.05, 3.63) is 102 Å². The Bertz CT molecular complexity index is 1190. The number of aryl methyl sites for hydroxylation is 1. The zero-order valence-corrected chi connectivity index (χ0v) is 16.4. The average molecular weight is 404 g/mol. The lowest BCUT2D eigenvalue weighted by Gasteiger charge is -2.18. The molecule has 2 N–H and O–H groups in total. The molecule has 0 fully saturated rings. The summed E-state index contributed by atoms with van der Waals surface area (Å²) < 4.78 is 27.9. The maximum absolute atomic E-state index is 12.7. The number of allylic oxidation sites excluding steroid dienone is 1. The minimum Gasteiger partial charge on any atom is -0.360 e. The molecule has 0 saturated carbocycles. The van der Waals surface area contributed by atoms with Crippen molar-refractivity contribution in [2.75, 3.05) is 10.0 Å². The van der Waals surface area contributed by atoms with Gasteiger partial charge >= 0.3 is 0 Å². The van der Waals surface area contributed by atoms with Crippen LogP contribution >= 0.6 is 0 Å². The Morgan fingerprint density at radius 3 is 2.21 bits per heavy atom. The van der Waals surface area contributed by atoms with Crippen molar-refractivity contribution < 1.29 is 13.2 Å². The standard InChI is InChI=1S/C23H20N2O3S/c26-23-18(15-14-17-8-4-5-11-20(17)23)16-24-21-12-6-7-13-22(21)25-29(27,28)19-9-2-1-3-10-19/h1-13,16,24-25H,14-15H2/b18-16-. The zero-order chi connectivity index (χ0) is 20.3. The van der Waals surface area contributed by atoms with Gasteiger partial charge in [-0.15, -0.1) is 0 Å². The zero-order valence-electron chi connectivity index (χ0n) is 15.6. The number of hydrogen-bond acceptors (Lipinski definition) is 4. The fourth-order valence-corrected chi connectivity index (χ4v) is 4.42. The van der Waals surface area contributed by atoms with E-state index in [0.717, 1.165) is 17.5 Å². The van der Waals surface area contributed by atoms with E-state index in [9.17, 15) is 13.2 Å². The average Bonchev–Trinajstić information content (AvgIpc) is 2.75. The fraction of sp³-hybridized carbons (Fsp3) is 0.0870. The predicted octanol–water partition coefficient (Wildman–Crippen LogP) is 4.61. The van der Waals surface area contributed by atoms with Gasteiger partial charge in [0.05, 0.1) is 16.3 Å². The molecule has 146 valence electrons. The van der Waals surface area contributed by atoms with Crippen LogP contribution in [0.4, 0.5) is 11.4 Å². The summed E-state index contributed by atoms with van der Waals surface area (Å²) in [4.78, 5) is 12.9. The summed E-state index contributed by atoms with van der Waals surface area (Å²) >= 11 is 0. The minimum atomic E-state index is -3.71. The monoisotopic (exact) mass is 404 g/mol. The third-order valence-corrected chi connectivity index (χ3v) is 6.23. The Morgan fingerprint density at radius 2 is 1.41 bits per heavy atom. The predicted molar refractivity (Wildman–Crippen MR) is 114 cm³/mol. The Hall–Kier alpha value is -3.38.